The predicted molar refractivity (Wildman–Crippen MR) is 95.8 cm³/mol. The van der Waals surface area contributed by atoms with Crippen LogP contribution in [-0.4, -0.2) is 12.2 Å². The van der Waals surface area contributed by atoms with Crippen molar-refractivity contribution in [3.63, 3.8) is 0 Å². The van der Waals surface area contributed by atoms with Crippen molar-refractivity contribution < 1.29 is 14.3 Å². The molecule has 0 radical (unpaired) electrons. The Morgan fingerprint density at radius 2 is 2.00 bits per heavy atom. The number of aromatic hydroxyl groups is 1. The maximum absolute atomic E-state index is 12.5. The standard InChI is InChI=1S/C19H15BrO4/c1-23-16-7-5-12-15(22)9-17(24-19(12)18(16)20)11-4-6-14(21)13(8-11)10-2-3-10/h4-10,21H,2-3H2,1H3. The zero-order valence-corrected chi connectivity index (χ0v) is 14.6. The molecule has 4 rings (SSSR count). The lowest BCUT2D eigenvalue weighted by molar-refractivity contribution is 0.411. The molecule has 0 amide bonds. The average molecular weight is 387 g/mol. The number of methoxy groups -OCH3 is 1. The van der Waals surface area contributed by atoms with Crippen molar-refractivity contribution in [3.8, 4) is 22.8 Å². The number of rotatable bonds is 3. The molecule has 1 aromatic heterocycles. The molecule has 3 aromatic rings. The van der Waals surface area contributed by atoms with Crippen LogP contribution < -0.4 is 10.2 Å². The molecule has 0 unspecified atom stereocenters. The lowest BCUT2D eigenvalue weighted by Crippen LogP contribution is -2.01. The maximum atomic E-state index is 12.5. The molecule has 24 heavy (non-hydrogen) atoms. The highest BCUT2D eigenvalue weighted by atomic mass is 79.9. The van der Waals surface area contributed by atoms with Gasteiger partial charge in [-0.2, -0.15) is 0 Å². The van der Waals surface area contributed by atoms with E-state index >= 15 is 0 Å². The van der Waals surface area contributed by atoms with Crippen LogP contribution in [0.15, 0.2) is 50.1 Å². The minimum Gasteiger partial charge on any atom is -0.508 e. The van der Waals surface area contributed by atoms with Crippen LogP contribution in [0.1, 0.15) is 24.3 Å². The summed E-state index contributed by atoms with van der Waals surface area (Å²) in [6.45, 7) is 0. The lowest BCUT2D eigenvalue weighted by Gasteiger charge is -2.09. The number of halogens is 1. The van der Waals surface area contributed by atoms with Crippen molar-refractivity contribution in [1.29, 1.82) is 0 Å². The van der Waals surface area contributed by atoms with E-state index in [0.29, 0.717) is 38.6 Å². The van der Waals surface area contributed by atoms with Gasteiger partial charge in [0.1, 0.15) is 21.7 Å². The van der Waals surface area contributed by atoms with Crippen molar-refractivity contribution in [1.82, 2.24) is 0 Å². The molecule has 1 saturated carbocycles. The van der Waals surface area contributed by atoms with Gasteiger partial charge in [-0.05, 0) is 70.6 Å². The van der Waals surface area contributed by atoms with Crippen molar-refractivity contribution in [3.05, 3.63) is 56.7 Å². The highest BCUT2D eigenvalue weighted by Crippen LogP contribution is 2.45. The van der Waals surface area contributed by atoms with E-state index in [-0.39, 0.29) is 5.43 Å². The fourth-order valence-corrected chi connectivity index (χ4v) is 3.49. The van der Waals surface area contributed by atoms with Crippen LogP contribution in [-0.2, 0) is 0 Å². The highest BCUT2D eigenvalue weighted by molar-refractivity contribution is 9.10. The molecule has 0 bridgehead atoms. The number of fused-ring (bicyclic) bond motifs is 1. The van der Waals surface area contributed by atoms with Crippen molar-refractivity contribution in [2.75, 3.05) is 7.11 Å². The third-order valence-corrected chi connectivity index (χ3v) is 5.10. The Kier molecular flexibility index (Phi) is 3.61. The topological polar surface area (TPSA) is 59.7 Å². The Morgan fingerprint density at radius 1 is 1.21 bits per heavy atom. The Morgan fingerprint density at radius 3 is 2.71 bits per heavy atom. The number of benzene rings is 2. The van der Waals surface area contributed by atoms with E-state index in [4.69, 9.17) is 9.15 Å². The predicted octanol–water partition coefficient (Wildman–Crippen LogP) is 4.81. The first kappa shape index (κ1) is 15.3. The van der Waals surface area contributed by atoms with Gasteiger partial charge in [0.15, 0.2) is 11.0 Å². The van der Waals surface area contributed by atoms with E-state index < -0.39 is 0 Å². The van der Waals surface area contributed by atoms with Gasteiger partial charge in [0.25, 0.3) is 0 Å². The van der Waals surface area contributed by atoms with Crippen LogP contribution in [0.3, 0.4) is 0 Å². The van der Waals surface area contributed by atoms with Crippen LogP contribution in [0.25, 0.3) is 22.3 Å². The summed E-state index contributed by atoms with van der Waals surface area (Å²) in [5.74, 6) is 1.78. The molecular weight excluding hydrogens is 372 g/mol. The van der Waals surface area contributed by atoms with Gasteiger partial charge in [0.05, 0.1) is 12.5 Å². The Bertz CT molecular complexity index is 1000. The van der Waals surface area contributed by atoms with Crippen LogP contribution in [0, 0.1) is 0 Å². The Hall–Kier alpha value is -2.27. The van der Waals surface area contributed by atoms with Crippen LogP contribution >= 0.6 is 15.9 Å². The molecule has 1 aliphatic carbocycles. The van der Waals surface area contributed by atoms with Crippen molar-refractivity contribution in [2.45, 2.75) is 18.8 Å². The first-order valence-electron chi connectivity index (χ1n) is 7.72. The van der Waals surface area contributed by atoms with E-state index in [1.54, 1.807) is 31.4 Å². The van der Waals surface area contributed by atoms with Gasteiger partial charge in [-0.25, -0.2) is 0 Å². The maximum Gasteiger partial charge on any atom is 0.193 e. The van der Waals surface area contributed by atoms with Crippen LogP contribution in [0.4, 0.5) is 0 Å². The molecule has 1 N–H and O–H groups in total. The fourth-order valence-electron chi connectivity index (χ4n) is 2.90. The first-order chi connectivity index (χ1) is 11.6. The summed E-state index contributed by atoms with van der Waals surface area (Å²) in [6, 6.07) is 10.2. The third-order valence-electron chi connectivity index (χ3n) is 4.35. The van der Waals surface area contributed by atoms with E-state index in [1.807, 2.05) is 6.07 Å². The minimum absolute atomic E-state index is 0.115. The summed E-state index contributed by atoms with van der Waals surface area (Å²) in [6.07, 6.45) is 2.17. The summed E-state index contributed by atoms with van der Waals surface area (Å²) in [5, 5.41) is 10.5. The van der Waals surface area contributed by atoms with Crippen molar-refractivity contribution >= 4 is 26.9 Å². The van der Waals surface area contributed by atoms with E-state index in [2.05, 4.69) is 15.9 Å². The summed E-state index contributed by atoms with van der Waals surface area (Å²) in [7, 11) is 1.57. The minimum atomic E-state index is -0.115. The summed E-state index contributed by atoms with van der Waals surface area (Å²) in [4.78, 5) is 12.5. The van der Waals surface area contributed by atoms with Gasteiger partial charge < -0.3 is 14.3 Å². The van der Waals surface area contributed by atoms with Gasteiger partial charge in [0, 0.05) is 11.6 Å². The molecule has 1 fully saturated rings. The average Bonchev–Trinajstić information content (AvgIpc) is 3.41. The van der Waals surface area contributed by atoms with Crippen LogP contribution in [0.5, 0.6) is 11.5 Å². The molecule has 0 saturated heterocycles. The van der Waals surface area contributed by atoms with Gasteiger partial charge in [-0.15, -0.1) is 0 Å². The van der Waals surface area contributed by atoms with Gasteiger partial charge >= 0.3 is 0 Å². The second-order valence-corrected chi connectivity index (χ2v) is 6.77. The van der Waals surface area contributed by atoms with E-state index in [9.17, 15) is 9.90 Å². The molecule has 0 atom stereocenters. The number of hydrogen-bond acceptors (Lipinski definition) is 4. The normalized spacial score (nSPS) is 14.1. The molecular formula is C19H15BrO4. The molecule has 1 aliphatic rings. The third kappa shape index (κ3) is 2.49. The molecule has 5 heteroatoms. The molecule has 0 aliphatic heterocycles. The number of phenolic OH excluding ortho intramolecular Hbond substituents is 1. The molecule has 4 nitrogen and oxygen atoms in total. The lowest BCUT2D eigenvalue weighted by atomic mass is 10.0. The smallest absolute Gasteiger partial charge is 0.193 e. The fraction of sp³-hybridized carbons (Fsp3) is 0.211. The SMILES string of the molecule is COc1ccc2c(=O)cc(-c3ccc(O)c(C4CC4)c3)oc2c1Br. The zero-order valence-electron chi connectivity index (χ0n) is 13.0. The number of phenols is 1. The van der Waals surface area contributed by atoms with E-state index in [0.717, 1.165) is 24.0 Å². The molecule has 2 aromatic carbocycles. The van der Waals surface area contributed by atoms with Gasteiger partial charge in [0.2, 0.25) is 0 Å². The summed E-state index contributed by atoms with van der Waals surface area (Å²) >= 11 is 3.44. The zero-order chi connectivity index (χ0) is 16.8. The van der Waals surface area contributed by atoms with Crippen molar-refractivity contribution in [2.24, 2.45) is 0 Å². The largest absolute Gasteiger partial charge is 0.508 e. The van der Waals surface area contributed by atoms with Gasteiger partial charge in [-0.3, -0.25) is 4.79 Å². The second-order valence-electron chi connectivity index (χ2n) is 5.98. The Balaban J connectivity index is 1.92. The monoisotopic (exact) mass is 386 g/mol. The number of hydrogen-bond donors (Lipinski definition) is 1. The molecule has 122 valence electrons. The highest BCUT2D eigenvalue weighted by Gasteiger charge is 2.27. The second kappa shape index (κ2) is 5.67. The van der Waals surface area contributed by atoms with Gasteiger partial charge in [-0.1, -0.05) is 0 Å². The quantitative estimate of drug-likeness (QED) is 0.701. The summed E-state index contributed by atoms with van der Waals surface area (Å²) < 4.78 is 11.9. The Labute approximate surface area is 146 Å². The molecule has 1 heterocycles. The molecule has 0 spiro atoms. The summed E-state index contributed by atoms with van der Waals surface area (Å²) in [5.41, 5.74) is 2.04. The van der Waals surface area contributed by atoms with E-state index in [1.165, 1.54) is 6.07 Å². The van der Waals surface area contributed by atoms with Crippen LogP contribution in [0.2, 0.25) is 0 Å². The number of ether oxygens (including phenoxy) is 1. The first-order valence-corrected chi connectivity index (χ1v) is 8.51.